The Morgan fingerprint density at radius 2 is 1.08 bits per heavy atom. The Balaban J connectivity index is 1.41. The molecule has 0 aliphatic rings. The first-order chi connectivity index (χ1) is 25.3. The van der Waals surface area contributed by atoms with Crippen LogP contribution in [0.5, 0.6) is 0 Å². The van der Waals surface area contributed by atoms with Crippen LogP contribution in [0.2, 0.25) is 0 Å². The van der Waals surface area contributed by atoms with Crippen molar-refractivity contribution < 1.29 is 4.42 Å². The van der Waals surface area contributed by atoms with E-state index in [1.54, 1.807) is 18.5 Å². The first-order valence-corrected chi connectivity index (χ1v) is 17.2. The summed E-state index contributed by atoms with van der Waals surface area (Å²) in [5.41, 5.74) is 8.61. The Morgan fingerprint density at radius 3 is 1.80 bits per heavy atom. The minimum Gasteiger partial charge on any atom is -0.455 e. The van der Waals surface area contributed by atoms with Crippen LogP contribution in [-0.2, 0) is 6.54 Å². The van der Waals surface area contributed by atoms with E-state index >= 15 is 0 Å². The van der Waals surface area contributed by atoms with Gasteiger partial charge in [-0.05, 0) is 57.6 Å². The fourth-order valence-corrected chi connectivity index (χ4v) is 8.08. The second-order valence-electron chi connectivity index (χ2n) is 12.9. The lowest BCUT2D eigenvalue weighted by atomic mass is 9.94. The number of nitrogens with zero attached hydrogens (tertiary/aromatic N) is 3. The predicted molar refractivity (Wildman–Crippen MR) is 217 cm³/mol. The van der Waals surface area contributed by atoms with Crippen molar-refractivity contribution in [2.45, 2.75) is 6.54 Å². The molecule has 0 aliphatic carbocycles. The summed E-state index contributed by atoms with van der Waals surface area (Å²) in [5.74, 6) is 0. The van der Waals surface area contributed by atoms with Gasteiger partial charge in [-0.3, -0.25) is 9.98 Å². The van der Waals surface area contributed by atoms with E-state index in [-0.39, 0.29) is 0 Å². The Morgan fingerprint density at radius 1 is 0.510 bits per heavy atom. The summed E-state index contributed by atoms with van der Waals surface area (Å²) in [7, 11) is 0. The van der Waals surface area contributed by atoms with Crippen molar-refractivity contribution in [2.24, 2.45) is 9.98 Å². The van der Waals surface area contributed by atoms with Gasteiger partial charge in [0.25, 0.3) is 0 Å². The number of furan rings is 1. The van der Waals surface area contributed by atoms with Gasteiger partial charge in [-0.2, -0.15) is 0 Å². The normalized spacial score (nSPS) is 12.3. The van der Waals surface area contributed by atoms with Crippen LogP contribution in [0.3, 0.4) is 0 Å². The Hall–Kier alpha value is -6.78. The zero-order chi connectivity index (χ0) is 33.9. The molecule has 10 rings (SSSR count). The molecule has 0 atom stereocenters. The molecule has 0 saturated carbocycles. The molecular weight excluding hydrogens is 623 g/mol. The summed E-state index contributed by atoms with van der Waals surface area (Å²) in [6.45, 7) is 4.00. The van der Waals surface area contributed by atoms with Gasteiger partial charge >= 0.3 is 0 Å². The monoisotopic (exact) mass is 653 g/mol. The minimum atomic E-state index is 0.489. The highest BCUT2D eigenvalue weighted by Crippen LogP contribution is 2.49. The maximum atomic E-state index is 7.14. The third kappa shape index (κ3) is 4.40. The number of benzene rings is 8. The molecule has 0 amide bonds. The number of hydrogen-bond acceptors (Lipinski definition) is 3. The largest absolute Gasteiger partial charge is 0.455 e. The number of hydrogen-bond donors (Lipinski definition) is 0. The van der Waals surface area contributed by atoms with Gasteiger partial charge < -0.3 is 8.98 Å². The number of fused-ring (bicyclic) bond motifs is 15. The fourth-order valence-electron chi connectivity index (χ4n) is 8.08. The first kappa shape index (κ1) is 29.2. The van der Waals surface area contributed by atoms with Crippen LogP contribution in [0, 0.1) is 0 Å². The predicted octanol–water partition coefficient (Wildman–Crippen LogP) is 12.6. The molecule has 2 aromatic heterocycles. The number of rotatable bonds is 6. The maximum Gasteiger partial charge on any atom is 0.146 e. The molecule has 240 valence electrons. The van der Waals surface area contributed by atoms with Crippen LogP contribution in [0.1, 0.15) is 5.56 Å². The molecule has 0 radical (unpaired) electrons. The Kier molecular flexibility index (Phi) is 6.68. The molecule has 0 unspecified atom stereocenters. The summed E-state index contributed by atoms with van der Waals surface area (Å²) in [4.78, 5) is 8.44. The van der Waals surface area contributed by atoms with Crippen LogP contribution in [0.15, 0.2) is 172 Å². The van der Waals surface area contributed by atoms with Gasteiger partial charge in [-0.25, -0.2) is 0 Å². The Bertz CT molecular complexity index is 3050. The second kappa shape index (κ2) is 11.7. The molecule has 2 heterocycles. The van der Waals surface area contributed by atoms with Gasteiger partial charge in [0, 0.05) is 50.6 Å². The van der Waals surface area contributed by atoms with E-state index in [1.165, 1.54) is 49.0 Å². The van der Waals surface area contributed by atoms with E-state index in [0.717, 1.165) is 49.5 Å². The van der Waals surface area contributed by atoms with Crippen LogP contribution in [-0.4, -0.2) is 17.5 Å². The van der Waals surface area contributed by atoms with E-state index < -0.39 is 0 Å². The van der Waals surface area contributed by atoms with Crippen molar-refractivity contribution in [1.82, 2.24) is 4.57 Å². The average Bonchev–Trinajstić information content (AvgIpc) is 3.77. The summed E-state index contributed by atoms with van der Waals surface area (Å²) >= 11 is 0. The lowest BCUT2D eigenvalue weighted by molar-refractivity contribution is 0.667. The summed E-state index contributed by atoms with van der Waals surface area (Å²) in [5, 5.41) is 11.8. The van der Waals surface area contributed by atoms with Gasteiger partial charge in [0.05, 0.1) is 23.0 Å². The molecular formula is C47H31N3O. The smallest absolute Gasteiger partial charge is 0.146 e. The Labute approximate surface area is 293 Å². The molecule has 8 aromatic carbocycles. The van der Waals surface area contributed by atoms with Crippen molar-refractivity contribution in [3.05, 3.63) is 163 Å². The van der Waals surface area contributed by atoms with Crippen molar-refractivity contribution in [2.75, 3.05) is 0 Å². The highest BCUT2D eigenvalue weighted by molar-refractivity contribution is 6.41. The van der Waals surface area contributed by atoms with Crippen LogP contribution >= 0.6 is 0 Å². The topological polar surface area (TPSA) is 42.8 Å². The van der Waals surface area contributed by atoms with Crippen molar-refractivity contribution in [3.8, 4) is 16.8 Å². The molecule has 0 N–H and O–H groups in total. The van der Waals surface area contributed by atoms with Gasteiger partial charge in [0.15, 0.2) is 0 Å². The molecule has 0 saturated heterocycles. The number of aliphatic imine (C=N–C) groups is 2. The molecule has 0 bridgehead atoms. The number of para-hydroxylation sites is 1. The van der Waals surface area contributed by atoms with Gasteiger partial charge in [0.2, 0.25) is 0 Å². The molecule has 0 fully saturated rings. The lowest BCUT2D eigenvalue weighted by Gasteiger charge is -2.13. The molecule has 4 heteroatoms. The molecule has 0 aliphatic heterocycles. The first-order valence-electron chi connectivity index (χ1n) is 17.2. The second-order valence-corrected chi connectivity index (χ2v) is 12.9. The highest BCUT2D eigenvalue weighted by Gasteiger charge is 2.26. The van der Waals surface area contributed by atoms with Crippen molar-refractivity contribution in [1.29, 1.82) is 0 Å². The zero-order valence-corrected chi connectivity index (χ0v) is 27.8. The standard InChI is InChI=1S/C47H31N3O/c1-48-27-12-28-49-29-32-15-11-22-40-41-37-19-8-10-21-39(37)45-43(47(41)51-46(32)40)42-36-18-7-5-16-34(36)35-17-6-9-20-38(35)44(42)50(45)33-25-23-31(24-26-33)30-13-3-2-4-14-30/h2-28H,1,29H2/b27-12-,49-28?. The number of aromatic nitrogens is 1. The molecule has 51 heavy (non-hydrogen) atoms. The summed E-state index contributed by atoms with van der Waals surface area (Å²) in [6.07, 6.45) is 5.18. The van der Waals surface area contributed by atoms with E-state index in [9.17, 15) is 0 Å². The van der Waals surface area contributed by atoms with Gasteiger partial charge in [0.1, 0.15) is 11.2 Å². The summed E-state index contributed by atoms with van der Waals surface area (Å²) < 4.78 is 9.63. The quantitative estimate of drug-likeness (QED) is 0.130. The third-order valence-corrected chi connectivity index (χ3v) is 10.2. The summed E-state index contributed by atoms with van der Waals surface area (Å²) in [6, 6.07) is 52.4. The van der Waals surface area contributed by atoms with Crippen molar-refractivity contribution in [3.63, 3.8) is 0 Å². The van der Waals surface area contributed by atoms with E-state index in [4.69, 9.17) is 4.42 Å². The zero-order valence-electron chi connectivity index (χ0n) is 27.8. The van der Waals surface area contributed by atoms with Crippen LogP contribution in [0.25, 0.3) is 92.9 Å². The highest BCUT2D eigenvalue weighted by atomic mass is 16.3. The SMILES string of the molecule is C=N/C=C\C=NCc1cccc2c1oc1c2c2ccccc2c2c1c1c3ccccc3c3ccccc3c1n2-c1ccc(-c2ccccc2)cc1. The van der Waals surface area contributed by atoms with Gasteiger partial charge in [-0.1, -0.05) is 133 Å². The average molecular weight is 654 g/mol. The molecule has 10 aromatic rings. The van der Waals surface area contributed by atoms with Crippen molar-refractivity contribution >= 4 is 89.0 Å². The fraction of sp³-hybridized carbons (Fsp3) is 0.0213. The number of allylic oxidation sites excluding steroid dienone is 1. The van der Waals surface area contributed by atoms with E-state index in [2.05, 4.69) is 167 Å². The minimum absolute atomic E-state index is 0.489. The van der Waals surface area contributed by atoms with Crippen LogP contribution in [0.4, 0.5) is 0 Å². The van der Waals surface area contributed by atoms with E-state index in [1.807, 2.05) is 0 Å². The molecule has 4 nitrogen and oxygen atoms in total. The lowest BCUT2D eigenvalue weighted by Crippen LogP contribution is -1.96. The van der Waals surface area contributed by atoms with Gasteiger partial charge in [-0.15, -0.1) is 0 Å². The maximum absolute atomic E-state index is 7.14. The third-order valence-electron chi connectivity index (χ3n) is 10.2. The van der Waals surface area contributed by atoms with Crippen LogP contribution < -0.4 is 0 Å². The van der Waals surface area contributed by atoms with E-state index in [0.29, 0.717) is 6.54 Å². The molecule has 0 spiro atoms.